The van der Waals surface area contributed by atoms with Gasteiger partial charge in [0.2, 0.25) is 0 Å². The van der Waals surface area contributed by atoms with Crippen molar-refractivity contribution in [1.82, 2.24) is 0 Å². The van der Waals surface area contributed by atoms with Crippen molar-refractivity contribution in [3.63, 3.8) is 0 Å². The maximum absolute atomic E-state index is 11.3. The fraction of sp³-hybridized carbons (Fsp3) is 0.417. The van der Waals surface area contributed by atoms with Gasteiger partial charge in [-0.1, -0.05) is 32.0 Å². The molecule has 0 aromatic heterocycles. The summed E-state index contributed by atoms with van der Waals surface area (Å²) in [5, 5.41) is 0. The highest BCUT2D eigenvalue weighted by molar-refractivity contribution is 5.92. The first-order valence-electron chi connectivity index (χ1n) is 5.06. The lowest BCUT2D eigenvalue weighted by molar-refractivity contribution is 0.0301. The van der Waals surface area contributed by atoms with Crippen molar-refractivity contribution in [2.75, 3.05) is 0 Å². The topological polar surface area (TPSA) is 26.3 Å². The molecule has 14 heavy (non-hydrogen) atoms. The molecule has 0 saturated carbocycles. The molecule has 0 fully saturated rings. The number of fused-ring (bicyclic) bond motifs is 1. The van der Waals surface area contributed by atoms with E-state index in [0.717, 1.165) is 17.5 Å². The number of esters is 1. The Hall–Kier alpha value is -1.31. The van der Waals surface area contributed by atoms with Gasteiger partial charge in [-0.25, -0.2) is 4.79 Å². The van der Waals surface area contributed by atoms with Crippen LogP contribution in [0.15, 0.2) is 24.3 Å². The lowest BCUT2D eigenvalue weighted by Crippen LogP contribution is -2.24. The average Bonchev–Trinajstić information content (AvgIpc) is 2.20. The van der Waals surface area contributed by atoms with E-state index in [9.17, 15) is 4.79 Å². The molecule has 0 saturated heterocycles. The fourth-order valence-corrected chi connectivity index (χ4v) is 1.50. The first kappa shape index (κ1) is 10.8. The summed E-state index contributed by atoms with van der Waals surface area (Å²) in [5.74, 6) is -0.190. The van der Waals surface area contributed by atoms with Crippen LogP contribution < -0.4 is 0 Å². The molecule has 0 N–H and O–H groups in total. The van der Waals surface area contributed by atoms with Crippen molar-refractivity contribution in [1.29, 1.82) is 0 Å². The SMILES string of the molecule is CC.CC1Cc2ccccc2C(=O)O1. The summed E-state index contributed by atoms with van der Waals surface area (Å²) in [4.78, 5) is 11.3. The van der Waals surface area contributed by atoms with E-state index >= 15 is 0 Å². The van der Waals surface area contributed by atoms with Gasteiger partial charge in [0.25, 0.3) is 0 Å². The van der Waals surface area contributed by atoms with Crippen molar-refractivity contribution in [2.45, 2.75) is 33.3 Å². The predicted molar refractivity (Wildman–Crippen MR) is 56.4 cm³/mol. The van der Waals surface area contributed by atoms with Crippen molar-refractivity contribution in [3.8, 4) is 0 Å². The molecule has 0 aliphatic carbocycles. The van der Waals surface area contributed by atoms with Crippen LogP contribution in [0.2, 0.25) is 0 Å². The van der Waals surface area contributed by atoms with Gasteiger partial charge in [0.15, 0.2) is 0 Å². The molecule has 2 rings (SSSR count). The highest BCUT2D eigenvalue weighted by Crippen LogP contribution is 2.19. The third-order valence-electron chi connectivity index (χ3n) is 2.05. The van der Waals surface area contributed by atoms with E-state index in [0.29, 0.717) is 0 Å². The second-order valence-corrected chi connectivity index (χ2v) is 3.08. The van der Waals surface area contributed by atoms with Gasteiger partial charge in [-0.2, -0.15) is 0 Å². The molecule has 2 heteroatoms. The lowest BCUT2D eigenvalue weighted by Gasteiger charge is -2.20. The minimum Gasteiger partial charge on any atom is -0.459 e. The van der Waals surface area contributed by atoms with Gasteiger partial charge in [0.1, 0.15) is 6.10 Å². The Morgan fingerprint density at radius 2 is 1.93 bits per heavy atom. The van der Waals surface area contributed by atoms with Gasteiger partial charge in [0.05, 0.1) is 5.56 Å². The third-order valence-corrected chi connectivity index (χ3v) is 2.05. The first-order valence-corrected chi connectivity index (χ1v) is 5.06. The zero-order valence-electron chi connectivity index (χ0n) is 8.91. The largest absolute Gasteiger partial charge is 0.459 e. The van der Waals surface area contributed by atoms with Gasteiger partial charge < -0.3 is 4.74 Å². The molecule has 0 amide bonds. The van der Waals surface area contributed by atoms with E-state index in [2.05, 4.69) is 0 Å². The Bertz CT molecular complexity index is 318. The lowest BCUT2D eigenvalue weighted by atomic mass is 10.00. The van der Waals surface area contributed by atoms with Gasteiger partial charge in [-0.05, 0) is 18.6 Å². The Kier molecular flexibility index (Phi) is 3.69. The summed E-state index contributed by atoms with van der Waals surface area (Å²) >= 11 is 0. The number of cyclic esters (lactones) is 1. The molecule has 0 spiro atoms. The van der Waals surface area contributed by atoms with E-state index in [-0.39, 0.29) is 12.1 Å². The van der Waals surface area contributed by atoms with Crippen molar-refractivity contribution in [3.05, 3.63) is 35.4 Å². The van der Waals surface area contributed by atoms with Crippen LogP contribution in [0.3, 0.4) is 0 Å². The summed E-state index contributed by atoms with van der Waals surface area (Å²) in [6, 6.07) is 7.59. The number of hydrogen-bond donors (Lipinski definition) is 0. The molecule has 0 bridgehead atoms. The standard InChI is InChI=1S/C10H10O2.C2H6/c1-7-6-8-4-2-3-5-9(8)10(11)12-7;1-2/h2-5,7H,6H2,1H3;1-2H3. The molecule has 1 aromatic rings. The van der Waals surface area contributed by atoms with Gasteiger partial charge in [-0.15, -0.1) is 0 Å². The molecule has 1 unspecified atom stereocenters. The van der Waals surface area contributed by atoms with Crippen molar-refractivity contribution in [2.24, 2.45) is 0 Å². The molecule has 76 valence electrons. The predicted octanol–water partition coefficient (Wildman–Crippen LogP) is 2.81. The van der Waals surface area contributed by atoms with E-state index in [1.807, 2.05) is 45.0 Å². The maximum Gasteiger partial charge on any atom is 0.338 e. The summed E-state index contributed by atoms with van der Waals surface area (Å²) in [5.41, 5.74) is 1.82. The van der Waals surface area contributed by atoms with Crippen LogP contribution >= 0.6 is 0 Å². The Labute approximate surface area is 84.9 Å². The van der Waals surface area contributed by atoms with Crippen molar-refractivity contribution >= 4 is 5.97 Å². The van der Waals surface area contributed by atoms with Crippen LogP contribution in [-0.4, -0.2) is 12.1 Å². The molecular formula is C12H16O2. The van der Waals surface area contributed by atoms with Crippen LogP contribution in [0.5, 0.6) is 0 Å². The molecule has 1 atom stereocenters. The van der Waals surface area contributed by atoms with E-state index in [1.54, 1.807) is 0 Å². The summed E-state index contributed by atoms with van der Waals surface area (Å²) in [6.07, 6.45) is 0.856. The molecule has 1 heterocycles. The number of carbonyl (C=O) groups is 1. The fourth-order valence-electron chi connectivity index (χ4n) is 1.50. The number of benzene rings is 1. The van der Waals surface area contributed by atoms with Gasteiger partial charge >= 0.3 is 5.97 Å². The van der Waals surface area contributed by atoms with Crippen LogP contribution in [-0.2, 0) is 11.2 Å². The normalized spacial score (nSPS) is 18.8. The second-order valence-electron chi connectivity index (χ2n) is 3.08. The molecule has 0 radical (unpaired) electrons. The van der Waals surface area contributed by atoms with E-state index in [1.165, 1.54) is 0 Å². The number of rotatable bonds is 0. The molecule has 2 nitrogen and oxygen atoms in total. The average molecular weight is 192 g/mol. The highest BCUT2D eigenvalue weighted by Gasteiger charge is 2.22. The van der Waals surface area contributed by atoms with Crippen LogP contribution in [0.1, 0.15) is 36.7 Å². The van der Waals surface area contributed by atoms with Crippen molar-refractivity contribution < 1.29 is 9.53 Å². The van der Waals surface area contributed by atoms with E-state index < -0.39 is 0 Å². The Morgan fingerprint density at radius 3 is 2.64 bits per heavy atom. The summed E-state index contributed by atoms with van der Waals surface area (Å²) in [7, 11) is 0. The molecule has 1 aliphatic rings. The van der Waals surface area contributed by atoms with E-state index in [4.69, 9.17) is 4.74 Å². The molecular weight excluding hydrogens is 176 g/mol. The van der Waals surface area contributed by atoms with Gasteiger partial charge in [0, 0.05) is 6.42 Å². The number of carbonyl (C=O) groups excluding carboxylic acids is 1. The Balaban J connectivity index is 0.000000461. The smallest absolute Gasteiger partial charge is 0.338 e. The number of hydrogen-bond acceptors (Lipinski definition) is 2. The third kappa shape index (κ3) is 2.13. The maximum atomic E-state index is 11.3. The Morgan fingerprint density at radius 1 is 1.29 bits per heavy atom. The minimum atomic E-state index is -0.190. The first-order chi connectivity index (χ1) is 6.77. The minimum absolute atomic E-state index is 0.0207. The highest BCUT2D eigenvalue weighted by atomic mass is 16.5. The zero-order valence-corrected chi connectivity index (χ0v) is 8.91. The monoisotopic (exact) mass is 192 g/mol. The molecule has 1 aliphatic heterocycles. The van der Waals surface area contributed by atoms with Crippen LogP contribution in [0, 0.1) is 0 Å². The quantitative estimate of drug-likeness (QED) is 0.591. The second kappa shape index (κ2) is 4.80. The summed E-state index contributed by atoms with van der Waals surface area (Å²) < 4.78 is 5.07. The zero-order chi connectivity index (χ0) is 10.6. The summed E-state index contributed by atoms with van der Waals surface area (Å²) in [6.45, 7) is 5.91. The van der Waals surface area contributed by atoms with Gasteiger partial charge in [-0.3, -0.25) is 0 Å². The number of ether oxygens (including phenoxy) is 1. The van der Waals surface area contributed by atoms with Crippen LogP contribution in [0.25, 0.3) is 0 Å². The van der Waals surface area contributed by atoms with Crippen LogP contribution in [0.4, 0.5) is 0 Å². The molecule has 1 aromatic carbocycles.